The van der Waals surface area contributed by atoms with E-state index in [1.54, 1.807) is 13.3 Å². The lowest BCUT2D eigenvalue weighted by molar-refractivity contribution is 0.414. The second kappa shape index (κ2) is 4.90. The summed E-state index contributed by atoms with van der Waals surface area (Å²) in [6, 6.07) is 9.77. The third-order valence-corrected chi connectivity index (χ3v) is 3.24. The van der Waals surface area contributed by atoms with E-state index in [2.05, 4.69) is 10.1 Å². The van der Waals surface area contributed by atoms with Crippen molar-refractivity contribution in [2.45, 2.75) is 6.54 Å². The molecule has 0 fully saturated rings. The average Bonchev–Trinajstić information content (AvgIpc) is 2.84. The molecular weight excluding hydrogens is 262 g/mol. The molecule has 5 heteroatoms. The van der Waals surface area contributed by atoms with Gasteiger partial charge < -0.3 is 4.74 Å². The number of benzene rings is 1. The molecule has 0 N–H and O–H groups in total. The molecule has 1 aromatic carbocycles. The number of hydrogen-bond donors (Lipinski definition) is 0. The van der Waals surface area contributed by atoms with Crippen LogP contribution in [0.2, 0.25) is 5.15 Å². The van der Waals surface area contributed by atoms with E-state index in [1.807, 2.05) is 41.2 Å². The number of methoxy groups -OCH3 is 1. The highest BCUT2D eigenvalue weighted by Gasteiger charge is 2.05. The van der Waals surface area contributed by atoms with Gasteiger partial charge in [-0.2, -0.15) is 5.10 Å². The van der Waals surface area contributed by atoms with Crippen LogP contribution in [0.4, 0.5) is 0 Å². The van der Waals surface area contributed by atoms with Crippen molar-refractivity contribution >= 4 is 22.5 Å². The Morgan fingerprint density at radius 1 is 1.21 bits per heavy atom. The van der Waals surface area contributed by atoms with Crippen LogP contribution in [0.1, 0.15) is 5.56 Å². The zero-order valence-electron chi connectivity index (χ0n) is 10.4. The Morgan fingerprint density at radius 3 is 2.68 bits per heavy atom. The van der Waals surface area contributed by atoms with Gasteiger partial charge in [-0.25, -0.2) is 4.98 Å². The molecule has 0 aliphatic rings. The molecule has 3 aromatic rings. The van der Waals surface area contributed by atoms with E-state index in [1.165, 1.54) is 0 Å². The topological polar surface area (TPSA) is 39.9 Å². The van der Waals surface area contributed by atoms with E-state index >= 15 is 0 Å². The summed E-state index contributed by atoms with van der Waals surface area (Å²) in [4.78, 5) is 4.05. The third kappa shape index (κ3) is 2.39. The molecule has 2 heterocycles. The molecule has 0 bridgehead atoms. The van der Waals surface area contributed by atoms with Crippen LogP contribution in [0.3, 0.4) is 0 Å². The van der Waals surface area contributed by atoms with E-state index in [0.717, 1.165) is 22.2 Å². The van der Waals surface area contributed by atoms with Crippen LogP contribution >= 0.6 is 11.6 Å². The van der Waals surface area contributed by atoms with Crippen LogP contribution in [0, 0.1) is 0 Å². The zero-order chi connectivity index (χ0) is 13.2. The van der Waals surface area contributed by atoms with Crippen LogP contribution in [-0.2, 0) is 6.54 Å². The Hall–Kier alpha value is -2.07. The Bertz CT molecular complexity index is 706. The SMILES string of the molecule is COc1ccc(Cn2cc3c(Cl)nccc3n2)cc1. The fourth-order valence-electron chi connectivity index (χ4n) is 1.96. The second-order valence-electron chi connectivity index (χ2n) is 4.21. The lowest BCUT2D eigenvalue weighted by atomic mass is 10.2. The van der Waals surface area contributed by atoms with Gasteiger partial charge >= 0.3 is 0 Å². The molecule has 96 valence electrons. The van der Waals surface area contributed by atoms with E-state index in [-0.39, 0.29) is 0 Å². The molecule has 4 nitrogen and oxygen atoms in total. The van der Waals surface area contributed by atoms with E-state index < -0.39 is 0 Å². The van der Waals surface area contributed by atoms with E-state index in [4.69, 9.17) is 16.3 Å². The van der Waals surface area contributed by atoms with Crippen molar-refractivity contribution in [3.63, 3.8) is 0 Å². The molecule has 0 saturated heterocycles. The molecule has 0 atom stereocenters. The van der Waals surface area contributed by atoms with Crippen LogP contribution in [0.5, 0.6) is 5.75 Å². The normalized spacial score (nSPS) is 10.8. The minimum absolute atomic E-state index is 0.485. The van der Waals surface area contributed by atoms with Gasteiger partial charge in [-0.15, -0.1) is 0 Å². The van der Waals surface area contributed by atoms with Gasteiger partial charge in [0.2, 0.25) is 0 Å². The quantitative estimate of drug-likeness (QED) is 0.688. The van der Waals surface area contributed by atoms with Crippen LogP contribution in [0.15, 0.2) is 42.7 Å². The maximum atomic E-state index is 6.03. The first-order chi connectivity index (χ1) is 9.26. The summed E-state index contributed by atoms with van der Waals surface area (Å²) in [6.07, 6.45) is 3.57. The summed E-state index contributed by atoms with van der Waals surface area (Å²) in [7, 11) is 1.66. The smallest absolute Gasteiger partial charge is 0.139 e. The highest BCUT2D eigenvalue weighted by atomic mass is 35.5. The summed E-state index contributed by atoms with van der Waals surface area (Å²) >= 11 is 6.03. The molecule has 0 aliphatic heterocycles. The van der Waals surface area contributed by atoms with Gasteiger partial charge in [0.1, 0.15) is 10.9 Å². The number of pyridine rings is 1. The van der Waals surface area contributed by atoms with Gasteiger partial charge in [0.25, 0.3) is 0 Å². The van der Waals surface area contributed by atoms with Gasteiger partial charge in [-0.3, -0.25) is 4.68 Å². The molecular formula is C14H12ClN3O. The van der Waals surface area contributed by atoms with Crippen molar-refractivity contribution in [3.05, 3.63) is 53.4 Å². The standard InChI is InChI=1S/C14H12ClN3O/c1-19-11-4-2-10(3-5-11)8-18-9-12-13(17-18)6-7-16-14(12)15/h2-7,9H,8H2,1H3. The minimum Gasteiger partial charge on any atom is -0.497 e. The first-order valence-corrected chi connectivity index (χ1v) is 6.24. The number of halogens is 1. The summed E-state index contributed by atoms with van der Waals surface area (Å²) in [5.74, 6) is 0.849. The van der Waals surface area contributed by atoms with Crippen molar-refractivity contribution in [1.82, 2.24) is 14.8 Å². The number of nitrogens with zero attached hydrogens (tertiary/aromatic N) is 3. The average molecular weight is 274 g/mol. The predicted octanol–water partition coefficient (Wildman–Crippen LogP) is 3.14. The molecule has 3 rings (SSSR count). The largest absolute Gasteiger partial charge is 0.497 e. The molecule has 19 heavy (non-hydrogen) atoms. The molecule has 0 radical (unpaired) electrons. The van der Waals surface area contributed by atoms with Gasteiger partial charge in [0.05, 0.1) is 24.6 Å². The Morgan fingerprint density at radius 2 is 2.00 bits per heavy atom. The molecule has 0 spiro atoms. The minimum atomic E-state index is 0.485. The zero-order valence-corrected chi connectivity index (χ0v) is 11.1. The van der Waals surface area contributed by atoms with Crippen molar-refractivity contribution in [2.24, 2.45) is 0 Å². The summed E-state index contributed by atoms with van der Waals surface area (Å²) < 4.78 is 7.00. The first kappa shape index (κ1) is 12.0. The number of hydrogen-bond acceptors (Lipinski definition) is 3. The molecule has 0 saturated carbocycles. The molecule has 0 aliphatic carbocycles. The molecule has 0 unspecified atom stereocenters. The van der Waals surface area contributed by atoms with Crippen molar-refractivity contribution in [2.75, 3.05) is 7.11 Å². The van der Waals surface area contributed by atoms with Crippen molar-refractivity contribution < 1.29 is 4.74 Å². The molecule has 0 amide bonds. The number of fused-ring (bicyclic) bond motifs is 1. The summed E-state index contributed by atoms with van der Waals surface area (Å²) in [6.45, 7) is 0.689. The van der Waals surface area contributed by atoms with Crippen LogP contribution in [0.25, 0.3) is 10.9 Å². The Kier molecular flexibility index (Phi) is 3.09. The highest BCUT2D eigenvalue weighted by molar-refractivity contribution is 6.34. The fourth-order valence-corrected chi connectivity index (χ4v) is 2.16. The van der Waals surface area contributed by atoms with E-state index in [0.29, 0.717) is 11.7 Å². The maximum absolute atomic E-state index is 6.03. The van der Waals surface area contributed by atoms with Crippen molar-refractivity contribution in [3.8, 4) is 5.75 Å². The maximum Gasteiger partial charge on any atom is 0.139 e. The third-order valence-electron chi connectivity index (χ3n) is 2.94. The van der Waals surface area contributed by atoms with Gasteiger partial charge in [-0.05, 0) is 23.8 Å². The predicted molar refractivity (Wildman–Crippen MR) is 74.6 cm³/mol. The second-order valence-corrected chi connectivity index (χ2v) is 4.57. The first-order valence-electron chi connectivity index (χ1n) is 5.87. The van der Waals surface area contributed by atoms with Gasteiger partial charge in [-0.1, -0.05) is 23.7 Å². The van der Waals surface area contributed by atoms with Gasteiger partial charge in [0, 0.05) is 12.4 Å². The van der Waals surface area contributed by atoms with Crippen LogP contribution in [-0.4, -0.2) is 21.9 Å². The number of ether oxygens (including phenoxy) is 1. The number of rotatable bonds is 3. The Labute approximate surface area is 115 Å². The Balaban J connectivity index is 1.90. The van der Waals surface area contributed by atoms with E-state index in [9.17, 15) is 0 Å². The highest BCUT2D eigenvalue weighted by Crippen LogP contribution is 2.20. The fraction of sp³-hybridized carbons (Fsp3) is 0.143. The number of aromatic nitrogens is 3. The summed E-state index contributed by atoms with van der Waals surface area (Å²) in [5, 5.41) is 5.83. The van der Waals surface area contributed by atoms with Gasteiger partial charge in [0.15, 0.2) is 0 Å². The summed E-state index contributed by atoms with van der Waals surface area (Å²) in [5.41, 5.74) is 2.01. The lowest BCUT2D eigenvalue weighted by Gasteiger charge is -2.03. The molecule has 2 aromatic heterocycles. The monoisotopic (exact) mass is 273 g/mol. The van der Waals surface area contributed by atoms with Crippen LogP contribution < -0.4 is 4.74 Å². The van der Waals surface area contributed by atoms with Crippen molar-refractivity contribution in [1.29, 1.82) is 0 Å². The lowest BCUT2D eigenvalue weighted by Crippen LogP contribution is -1.99.